The minimum atomic E-state index is -0.739. The maximum Gasteiger partial charge on any atom is 0.315 e. The van der Waals surface area contributed by atoms with Crippen LogP contribution >= 0.6 is 0 Å². The zero-order chi connectivity index (χ0) is 15.9. The molecule has 1 aliphatic carbocycles. The molecule has 0 unspecified atom stereocenters. The summed E-state index contributed by atoms with van der Waals surface area (Å²) in [6.07, 6.45) is 3.88. The van der Waals surface area contributed by atoms with Crippen LogP contribution in [0, 0.1) is 22.7 Å². The molecule has 0 atom stereocenters. The zero-order valence-corrected chi connectivity index (χ0v) is 12.8. The third kappa shape index (κ3) is 6.48. The second-order valence-electron chi connectivity index (χ2n) is 6.54. The summed E-state index contributed by atoms with van der Waals surface area (Å²) >= 11 is 0. The lowest BCUT2D eigenvalue weighted by atomic mass is 9.86. The van der Waals surface area contributed by atoms with Gasteiger partial charge in [-0.25, -0.2) is 4.79 Å². The molecular weight excluding hydrogens is 270 g/mol. The largest absolute Gasteiger partial charge is 0.481 e. The van der Waals surface area contributed by atoms with E-state index >= 15 is 0 Å². The lowest BCUT2D eigenvalue weighted by Gasteiger charge is -2.28. The third-order valence-electron chi connectivity index (χ3n) is 4.05. The van der Waals surface area contributed by atoms with E-state index in [1.165, 1.54) is 0 Å². The number of hydrogen-bond donors (Lipinski definition) is 3. The smallest absolute Gasteiger partial charge is 0.315 e. The van der Waals surface area contributed by atoms with Crippen LogP contribution in [0.3, 0.4) is 0 Å². The summed E-state index contributed by atoms with van der Waals surface area (Å²) in [5.41, 5.74) is -0.103. The van der Waals surface area contributed by atoms with E-state index in [9.17, 15) is 9.59 Å². The van der Waals surface area contributed by atoms with E-state index in [-0.39, 0.29) is 23.4 Å². The molecular formula is C15H25N3O3. The highest BCUT2D eigenvalue weighted by atomic mass is 16.4. The van der Waals surface area contributed by atoms with E-state index in [0.29, 0.717) is 38.6 Å². The predicted octanol–water partition coefficient (Wildman–Crippen LogP) is 2.26. The van der Waals surface area contributed by atoms with E-state index in [0.717, 1.165) is 6.42 Å². The van der Waals surface area contributed by atoms with E-state index in [1.807, 2.05) is 13.8 Å². The molecule has 1 fully saturated rings. The number of amides is 2. The molecule has 0 aromatic carbocycles. The molecule has 0 saturated heterocycles. The summed E-state index contributed by atoms with van der Waals surface area (Å²) in [6.45, 7) is 4.55. The van der Waals surface area contributed by atoms with Crippen molar-refractivity contribution in [2.24, 2.45) is 11.3 Å². The zero-order valence-electron chi connectivity index (χ0n) is 12.8. The van der Waals surface area contributed by atoms with Crippen LogP contribution in [-0.2, 0) is 4.79 Å². The van der Waals surface area contributed by atoms with Crippen LogP contribution in [0.15, 0.2) is 0 Å². The van der Waals surface area contributed by atoms with Gasteiger partial charge in [0.25, 0.3) is 0 Å². The molecule has 0 aromatic heterocycles. The number of nitrogens with one attached hydrogen (secondary N) is 2. The number of nitriles is 1. The maximum atomic E-state index is 11.8. The number of carbonyl (C=O) groups is 2. The summed E-state index contributed by atoms with van der Waals surface area (Å²) in [5.74, 6) is -1.01. The molecule has 1 aliphatic rings. The summed E-state index contributed by atoms with van der Waals surface area (Å²) < 4.78 is 0. The lowest BCUT2D eigenvalue weighted by Crippen LogP contribution is -2.46. The average molecular weight is 295 g/mol. The fourth-order valence-corrected chi connectivity index (χ4v) is 2.52. The second kappa shape index (κ2) is 7.87. The van der Waals surface area contributed by atoms with Crippen molar-refractivity contribution in [1.82, 2.24) is 10.6 Å². The Morgan fingerprint density at radius 1 is 1.29 bits per heavy atom. The van der Waals surface area contributed by atoms with Gasteiger partial charge in [-0.3, -0.25) is 4.79 Å². The van der Waals surface area contributed by atoms with Crippen LogP contribution in [0.25, 0.3) is 0 Å². The average Bonchev–Trinajstić information content (AvgIpc) is 2.44. The molecule has 0 radical (unpaired) electrons. The fraction of sp³-hybridized carbons (Fsp3) is 0.800. The molecule has 6 nitrogen and oxygen atoms in total. The lowest BCUT2D eigenvalue weighted by molar-refractivity contribution is -0.142. The normalized spacial score (nSPS) is 22.1. The fourth-order valence-electron chi connectivity index (χ4n) is 2.52. The molecule has 0 aromatic rings. The van der Waals surface area contributed by atoms with Crippen molar-refractivity contribution in [3.8, 4) is 6.07 Å². The molecule has 0 bridgehead atoms. The van der Waals surface area contributed by atoms with Gasteiger partial charge in [-0.05, 0) is 37.5 Å². The molecule has 1 rings (SSSR count). The number of carboxylic acid groups (broad SMARTS) is 1. The van der Waals surface area contributed by atoms with Gasteiger partial charge >= 0.3 is 12.0 Å². The van der Waals surface area contributed by atoms with Gasteiger partial charge in [-0.1, -0.05) is 13.8 Å². The number of carbonyl (C=O) groups excluding carboxylic acids is 1. The van der Waals surface area contributed by atoms with Crippen molar-refractivity contribution < 1.29 is 14.7 Å². The molecule has 0 spiro atoms. The van der Waals surface area contributed by atoms with Gasteiger partial charge in [0.1, 0.15) is 0 Å². The van der Waals surface area contributed by atoms with Gasteiger partial charge in [-0.2, -0.15) is 5.26 Å². The molecule has 0 aliphatic heterocycles. The first-order valence-corrected chi connectivity index (χ1v) is 7.48. The number of urea groups is 1. The summed E-state index contributed by atoms with van der Waals surface area (Å²) in [6, 6.07) is 1.96. The van der Waals surface area contributed by atoms with Gasteiger partial charge in [0, 0.05) is 19.0 Å². The van der Waals surface area contributed by atoms with Crippen molar-refractivity contribution in [2.45, 2.75) is 58.4 Å². The van der Waals surface area contributed by atoms with E-state index in [4.69, 9.17) is 10.4 Å². The second-order valence-corrected chi connectivity index (χ2v) is 6.54. The summed E-state index contributed by atoms with van der Waals surface area (Å²) in [4.78, 5) is 22.7. The molecule has 0 heterocycles. The first-order valence-electron chi connectivity index (χ1n) is 7.48. The number of aliphatic carboxylic acids is 1. The minimum Gasteiger partial charge on any atom is -0.481 e. The highest BCUT2D eigenvalue weighted by Gasteiger charge is 2.27. The summed E-state index contributed by atoms with van der Waals surface area (Å²) in [7, 11) is 0. The van der Waals surface area contributed by atoms with Crippen LogP contribution in [0.5, 0.6) is 0 Å². The first kappa shape index (κ1) is 17.3. The maximum absolute atomic E-state index is 11.8. The van der Waals surface area contributed by atoms with Gasteiger partial charge in [0.2, 0.25) is 0 Å². The molecule has 21 heavy (non-hydrogen) atoms. The number of carboxylic acids is 1. The summed E-state index contributed by atoms with van der Waals surface area (Å²) in [5, 5.41) is 23.3. The van der Waals surface area contributed by atoms with Crippen molar-refractivity contribution in [2.75, 3.05) is 6.54 Å². The quantitative estimate of drug-likeness (QED) is 0.699. The Morgan fingerprint density at radius 2 is 1.90 bits per heavy atom. The molecule has 3 N–H and O–H groups in total. The molecule has 6 heteroatoms. The predicted molar refractivity (Wildman–Crippen MR) is 78.5 cm³/mol. The Bertz CT molecular complexity index is 407. The highest BCUT2D eigenvalue weighted by Crippen LogP contribution is 2.24. The van der Waals surface area contributed by atoms with Crippen LogP contribution in [0.2, 0.25) is 0 Å². The Kier molecular flexibility index (Phi) is 6.47. The Hall–Kier alpha value is -1.77. The Labute approximate surface area is 125 Å². The molecule has 118 valence electrons. The highest BCUT2D eigenvalue weighted by molar-refractivity contribution is 5.74. The van der Waals surface area contributed by atoms with Gasteiger partial charge in [-0.15, -0.1) is 0 Å². The van der Waals surface area contributed by atoms with Crippen molar-refractivity contribution >= 4 is 12.0 Å². The van der Waals surface area contributed by atoms with Crippen LogP contribution in [0.1, 0.15) is 52.4 Å². The number of hydrogen-bond acceptors (Lipinski definition) is 3. The third-order valence-corrected chi connectivity index (χ3v) is 4.05. The Morgan fingerprint density at radius 3 is 2.43 bits per heavy atom. The molecule has 2 amide bonds. The van der Waals surface area contributed by atoms with Crippen molar-refractivity contribution in [1.29, 1.82) is 5.26 Å². The van der Waals surface area contributed by atoms with E-state index in [2.05, 4.69) is 16.7 Å². The van der Waals surface area contributed by atoms with Crippen LogP contribution < -0.4 is 10.6 Å². The standard InChI is InChI=1S/C15H25N3O3/c1-15(2,8-3-9-16)10-17-14(21)18-12-6-4-11(5-7-12)13(19)20/h11-12H,3-8,10H2,1-2H3,(H,19,20)(H2,17,18,21). The van der Waals surface area contributed by atoms with Gasteiger partial charge < -0.3 is 15.7 Å². The number of nitrogens with zero attached hydrogens (tertiary/aromatic N) is 1. The van der Waals surface area contributed by atoms with E-state index < -0.39 is 5.97 Å². The topological polar surface area (TPSA) is 102 Å². The van der Waals surface area contributed by atoms with Crippen LogP contribution in [0.4, 0.5) is 4.79 Å². The monoisotopic (exact) mass is 295 g/mol. The molecule has 1 saturated carbocycles. The van der Waals surface area contributed by atoms with Crippen molar-refractivity contribution in [3.05, 3.63) is 0 Å². The van der Waals surface area contributed by atoms with E-state index in [1.54, 1.807) is 0 Å². The van der Waals surface area contributed by atoms with Crippen LogP contribution in [-0.4, -0.2) is 29.7 Å². The minimum absolute atomic E-state index is 0.0582. The van der Waals surface area contributed by atoms with Crippen molar-refractivity contribution in [3.63, 3.8) is 0 Å². The number of rotatable bonds is 6. The van der Waals surface area contributed by atoms with Gasteiger partial charge in [0.05, 0.1) is 12.0 Å². The van der Waals surface area contributed by atoms with Gasteiger partial charge in [0.15, 0.2) is 0 Å². The Balaban J connectivity index is 2.26. The SMILES string of the molecule is CC(C)(CCC#N)CNC(=O)NC1CCC(C(=O)O)CC1. The first-order chi connectivity index (χ1) is 9.84.